The molecule has 0 unspecified atom stereocenters. The molecule has 7 heteroatoms. The van der Waals surface area contributed by atoms with Crippen molar-refractivity contribution in [2.24, 2.45) is 0 Å². The number of hydrogen-bond donors (Lipinski definition) is 1. The molecule has 1 heterocycles. The van der Waals surface area contributed by atoms with Crippen LogP contribution in [0.2, 0.25) is 5.02 Å². The topological polar surface area (TPSA) is 64.6 Å². The molecule has 0 saturated carbocycles. The number of carbonyl (C=O) groups excluding carboxylic acids is 2. The van der Waals surface area contributed by atoms with E-state index in [-0.39, 0.29) is 19.1 Å². The Morgan fingerprint density at radius 1 is 1.17 bits per heavy atom. The summed E-state index contributed by atoms with van der Waals surface area (Å²) in [6.07, 6.45) is 0. The fourth-order valence-electron chi connectivity index (χ4n) is 2.02. The van der Waals surface area contributed by atoms with Crippen LogP contribution in [0.15, 0.2) is 24.3 Å². The maximum Gasteiger partial charge on any atom is 0.341 e. The molecule has 0 aliphatic carbocycles. The molecule has 0 fully saturated rings. The van der Waals surface area contributed by atoms with Gasteiger partial charge in [0.05, 0.1) is 5.56 Å². The predicted molar refractivity (Wildman–Crippen MR) is 95.3 cm³/mol. The zero-order chi connectivity index (χ0) is 17.7. The van der Waals surface area contributed by atoms with Gasteiger partial charge >= 0.3 is 5.97 Å². The lowest BCUT2D eigenvalue weighted by Crippen LogP contribution is -2.15. The van der Waals surface area contributed by atoms with Crippen molar-refractivity contribution in [3.63, 3.8) is 0 Å². The van der Waals surface area contributed by atoms with Crippen LogP contribution in [0.25, 0.3) is 0 Å². The molecule has 0 spiro atoms. The summed E-state index contributed by atoms with van der Waals surface area (Å²) in [6.45, 7) is 5.46. The molecule has 5 nitrogen and oxygen atoms in total. The Bertz CT molecular complexity index is 740. The van der Waals surface area contributed by atoms with E-state index in [4.69, 9.17) is 21.1 Å². The van der Waals surface area contributed by atoms with E-state index < -0.39 is 5.97 Å². The zero-order valence-corrected chi connectivity index (χ0v) is 15.2. The summed E-state index contributed by atoms with van der Waals surface area (Å²) in [5.74, 6) is -0.0476. The van der Waals surface area contributed by atoms with Crippen molar-refractivity contribution in [3.8, 4) is 5.75 Å². The van der Waals surface area contributed by atoms with Crippen molar-refractivity contribution in [2.75, 3.05) is 18.5 Å². The van der Waals surface area contributed by atoms with Crippen molar-refractivity contribution in [1.82, 2.24) is 0 Å². The molecule has 1 amide bonds. The van der Waals surface area contributed by atoms with Crippen LogP contribution >= 0.6 is 22.9 Å². The first-order chi connectivity index (χ1) is 11.4. The van der Waals surface area contributed by atoms with Crippen molar-refractivity contribution >= 4 is 39.8 Å². The van der Waals surface area contributed by atoms with Crippen molar-refractivity contribution < 1.29 is 19.1 Å². The van der Waals surface area contributed by atoms with Gasteiger partial charge in [-0.25, -0.2) is 4.79 Å². The van der Waals surface area contributed by atoms with Gasteiger partial charge in [0.15, 0.2) is 0 Å². The molecule has 0 aliphatic heterocycles. The number of amides is 1. The van der Waals surface area contributed by atoms with Crippen molar-refractivity contribution in [2.45, 2.75) is 20.8 Å². The normalized spacial score (nSPS) is 10.3. The first kappa shape index (κ1) is 18.3. The molecule has 0 atom stereocenters. The lowest BCUT2D eigenvalue weighted by atomic mass is 10.1. The van der Waals surface area contributed by atoms with Crippen LogP contribution in [0, 0.1) is 13.8 Å². The Morgan fingerprint density at radius 2 is 1.83 bits per heavy atom. The minimum atomic E-state index is -0.472. The summed E-state index contributed by atoms with van der Waals surface area (Å²) >= 11 is 7.15. The number of benzene rings is 1. The van der Waals surface area contributed by atoms with E-state index in [9.17, 15) is 9.59 Å². The lowest BCUT2D eigenvalue weighted by Gasteiger charge is -2.09. The molecule has 2 rings (SSSR count). The number of aryl methyl sites for hydroxylation is 1. The Morgan fingerprint density at radius 3 is 2.46 bits per heavy atom. The number of nitrogens with one attached hydrogen (secondary N) is 1. The Kier molecular flexibility index (Phi) is 6.23. The Labute approximate surface area is 149 Å². The molecular formula is C17H18ClNO4S. The number of carbonyl (C=O) groups is 2. The molecule has 1 aromatic carbocycles. The van der Waals surface area contributed by atoms with E-state index >= 15 is 0 Å². The van der Waals surface area contributed by atoms with E-state index in [1.54, 1.807) is 24.3 Å². The first-order valence-corrected chi connectivity index (χ1v) is 8.51. The number of hydrogen-bond acceptors (Lipinski definition) is 5. The van der Waals surface area contributed by atoms with Crippen LogP contribution in [-0.2, 0) is 9.53 Å². The fraction of sp³-hybridized carbons (Fsp3) is 0.294. The maximum atomic E-state index is 12.3. The van der Waals surface area contributed by atoms with E-state index in [1.807, 2.05) is 13.8 Å². The minimum Gasteiger partial charge on any atom is -0.490 e. The second kappa shape index (κ2) is 8.17. The average molecular weight is 368 g/mol. The highest BCUT2D eigenvalue weighted by molar-refractivity contribution is 7.16. The van der Waals surface area contributed by atoms with Crippen molar-refractivity contribution in [3.05, 3.63) is 45.3 Å². The molecule has 1 N–H and O–H groups in total. The molecule has 128 valence electrons. The summed E-state index contributed by atoms with van der Waals surface area (Å²) in [4.78, 5) is 24.5. The molecule has 2 aromatic rings. The Hall–Kier alpha value is -2.05. The number of rotatable bonds is 6. The summed E-state index contributed by atoms with van der Waals surface area (Å²) in [7, 11) is 0. The van der Waals surface area contributed by atoms with Crippen LogP contribution < -0.4 is 10.1 Å². The summed E-state index contributed by atoms with van der Waals surface area (Å²) in [5, 5.41) is 3.81. The molecule has 0 bridgehead atoms. The number of anilines is 1. The molecule has 0 aliphatic rings. The van der Waals surface area contributed by atoms with Gasteiger partial charge in [0, 0.05) is 16.8 Å². The fourth-order valence-corrected chi connectivity index (χ4v) is 3.24. The van der Waals surface area contributed by atoms with Crippen LogP contribution in [0.5, 0.6) is 5.75 Å². The van der Waals surface area contributed by atoms with Gasteiger partial charge in [-0.05, 0) is 43.7 Å². The summed E-state index contributed by atoms with van der Waals surface area (Å²) < 4.78 is 10.7. The monoisotopic (exact) mass is 367 g/mol. The van der Waals surface area contributed by atoms with E-state index in [2.05, 4.69) is 5.32 Å². The van der Waals surface area contributed by atoms with Gasteiger partial charge in [-0.2, -0.15) is 0 Å². The highest BCUT2D eigenvalue weighted by Gasteiger charge is 2.21. The highest BCUT2D eigenvalue weighted by atomic mass is 35.5. The van der Waals surface area contributed by atoms with Crippen LogP contribution in [0.1, 0.15) is 27.7 Å². The summed E-state index contributed by atoms with van der Waals surface area (Å²) in [6, 6.07) is 6.93. The minimum absolute atomic E-state index is 0.106. The van der Waals surface area contributed by atoms with Crippen LogP contribution in [-0.4, -0.2) is 25.1 Å². The second-order valence-electron chi connectivity index (χ2n) is 5.11. The number of ether oxygens (including phenoxy) is 2. The average Bonchev–Trinajstić information content (AvgIpc) is 2.79. The quantitative estimate of drug-likeness (QED) is 0.613. The van der Waals surface area contributed by atoms with Gasteiger partial charge in [-0.3, -0.25) is 4.79 Å². The highest BCUT2D eigenvalue weighted by Crippen LogP contribution is 2.32. The summed E-state index contributed by atoms with van der Waals surface area (Å²) in [5.41, 5.74) is 1.21. The number of esters is 1. The molecule has 0 saturated heterocycles. The number of halogens is 1. The van der Waals surface area contributed by atoms with E-state index in [0.717, 1.165) is 10.4 Å². The van der Waals surface area contributed by atoms with Gasteiger partial charge in [-0.15, -0.1) is 11.3 Å². The standard InChI is InChI=1S/C17H18ClNO4S/c1-10-11(2)24-16(19-12(3)20)15(10)17(21)23-9-8-22-14-6-4-13(18)5-7-14/h4-7H,8-9H2,1-3H3,(H,19,20). The van der Waals surface area contributed by atoms with E-state index in [0.29, 0.717) is 21.3 Å². The first-order valence-electron chi connectivity index (χ1n) is 7.31. The smallest absolute Gasteiger partial charge is 0.341 e. The molecular weight excluding hydrogens is 350 g/mol. The molecule has 24 heavy (non-hydrogen) atoms. The third-order valence-corrected chi connectivity index (χ3v) is 4.65. The maximum absolute atomic E-state index is 12.3. The predicted octanol–water partition coefficient (Wildman–Crippen LogP) is 4.21. The van der Waals surface area contributed by atoms with Gasteiger partial charge in [0.2, 0.25) is 5.91 Å². The lowest BCUT2D eigenvalue weighted by molar-refractivity contribution is -0.114. The van der Waals surface area contributed by atoms with Crippen LogP contribution in [0.3, 0.4) is 0 Å². The molecule has 1 aromatic heterocycles. The Balaban J connectivity index is 1.92. The van der Waals surface area contributed by atoms with Gasteiger partial charge in [0.25, 0.3) is 0 Å². The third kappa shape index (κ3) is 4.72. The zero-order valence-electron chi connectivity index (χ0n) is 13.6. The third-order valence-electron chi connectivity index (χ3n) is 3.28. The second-order valence-corrected chi connectivity index (χ2v) is 6.77. The van der Waals surface area contributed by atoms with Crippen molar-refractivity contribution in [1.29, 1.82) is 0 Å². The number of thiophene rings is 1. The molecule has 0 radical (unpaired) electrons. The van der Waals surface area contributed by atoms with Gasteiger partial charge in [-0.1, -0.05) is 11.6 Å². The van der Waals surface area contributed by atoms with Gasteiger partial charge in [0.1, 0.15) is 24.0 Å². The van der Waals surface area contributed by atoms with Crippen LogP contribution in [0.4, 0.5) is 5.00 Å². The largest absolute Gasteiger partial charge is 0.490 e. The SMILES string of the molecule is CC(=O)Nc1sc(C)c(C)c1C(=O)OCCOc1ccc(Cl)cc1. The van der Waals surface area contributed by atoms with Gasteiger partial charge < -0.3 is 14.8 Å². The van der Waals surface area contributed by atoms with E-state index in [1.165, 1.54) is 18.3 Å².